The number of hydrogen-bond donors (Lipinski definition) is 0. The molecule has 1 amide bonds. The molecule has 37 heavy (non-hydrogen) atoms. The molecule has 0 aromatic heterocycles. The fourth-order valence-electron chi connectivity index (χ4n) is 4.43. The molecule has 4 aromatic rings. The van der Waals surface area contributed by atoms with Crippen LogP contribution in [0.4, 0.5) is 0 Å². The maximum absolute atomic E-state index is 14.0. The van der Waals surface area contributed by atoms with Crippen LogP contribution in [0, 0.1) is 0 Å². The molecule has 0 spiro atoms. The van der Waals surface area contributed by atoms with Crippen molar-refractivity contribution in [3.05, 3.63) is 108 Å². The molecule has 5 rings (SSSR count). The van der Waals surface area contributed by atoms with Gasteiger partial charge in [-0.2, -0.15) is 0 Å². The third-order valence-corrected chi connectivity index (χ3v) is 7.69. The molecule has 1 aliphatic heterocycles. The molecule has 2 unspecified atom stereocenters. The molecule has 0 saturated carbocycles. The molecule has 0 aliphatic carbocycles. The number of rotatable bonds is 8. The summed E-state index contributed by atoms with van der Waals surface area (Å²) in [6.07, 6.45) is 1.73. The average molecular weight is 512 g/mol. The lowest BCUT2D eigenvalue weighted by Crippen LogP contribution is -2.44. The van der Waals surface area contributed by atoms with E-state index in [1.807, 2.05) is 97.1 Å². The molecular weight excluding hydrogens is 482 g/mol. The second-order valence-electron chi connectivity index (χ2n) is 8.98. The van der Waals surface area contributed by atoms with Gasteiger partial charge in [-0.25, -0.2) is 4.79 Å². The molecular formula is C31H29NO4S. The molecule has 4 aromatic carbocycles. The Hall–Kier alpha value is -3.77. The van der Waals surface area contributed by atoms with Crippen molar-refractivity contribution in [1.82, 2.24) is 4.90 Å². The molecule has 188 valence electrons. The summed E-state index contributed by atoms with van der Waals surface area (Å²) in [7, 11) is 0. The van der Waals surface area contributed by atoms with E-state index in [9.17, 15) is 9.59 Å². The Bertz CT molecular complexity index is 1390. The molecule has 6 heteroatoms. The molecule has 2 atom stereocenters. The predicted octanol–water partition coefficient (Wildman–Crippen LogP) is 7.23. The first-order chi connectivity index (χ1) is 18.1. The summed E-state index contributed by atoms with van der Waals surface area (Å²) < 4.78 is 11.6. The van der Waals surface area contributed by atoms with E-state index in [1.165, 1.54) is 0 Å². The van der Waals surface area contributed by atoms with Crippen molar-refractivity contribution in [3.8, 4) is 11.5 Å². The van der Waals surface area contributed by atoms with Gasteiger partial charge in [0.25, 0.3) is 5.91 Å². The number of benzene rings is 4. The Kier molecular flexibility index (Phi) is 7.76. The Balaban J connectivity index is 1.46. The maximum atomic E-state index is 14.0. The van der Waals surface area contributed by atoms with Crippen LogP contribution < -0.4 is 4.74 Å². The molecule has 5 nitrogen and oxygen atoms in total. The van der Waals surface area contributed by atoms with Crippen LogP contribution in [0.15, 0.2) is 97.1 Å². The number of fused-ring (bicyclic) bond motifs is 1. The second-order valence-corrected chi connectivity index (χ2v) is 10.1. The highest BCUT2D eigenvalue weighted by Gasteiger charge is 2.43. The topological polar surface area (TPSA) is 55.8 Å². The molecule has 1 aliphatic rings. The van der Waals surface area contributed by atoms with Gasteiger partial charge in [-0.3, -0.25) is 4.79 Å². The van der Waals surface area contributed by atoms with Crippen LogP contribution in [0.25, 0.3) is 10.8 Å². The van der Waals surface area contributed by atoms with Crippen LogP contribution in [0.5, 0.6) is 11.5 Å². The van der Waals surface area contributed by atoms with E-state index in [0.29, 0.717) is 23.7 Å². The minimum absolute atomic E-state index is 0.187. The van der Waals surface area contributed by atoms with Crippen LogP contribution in [0.2, 0.25) is 0 Å². The van der Waals surface area contributed by atoms with E-state index in [2.05, 4.69) is 6.92 Å². The van der Waals surface area contributed by atoms with Crippen molar-refractivity contribution in [2.45, 2.75) is 31.2 Å². The van der Waals surface area contributed by atoms with Gasteiger partial charge in [0.1, 0.15) is 22.9 Å². The van der Waals surface area contributed by atoms with E-state index in [-0.39, 0.29) is 17.3 Å². The number of esters is 1. The number of thioether (sulfide) groups is 1. The third-order valence-electron chi connectivity index (χ3n) is 6.37. The lowest BCUT2D eigenvalue weighted by Gasteiger charge is -2.29. The molecule has 1 fully saturated rings. The number of carbonyl (C=O) groups is 2. The standard InChI is InChI=1S/C31H29NO4S/c1-2-3-18-35-31(34)28-21-37-30(25-12-9-15-27(20-25)36-26-13-5-4-6-14-26)32(28)29(33)24-17-16-22-10-7-8-11-23(22)19-24/h4-17,19-20,28,30H,2-3,18,21H2,1H3. The molecule has 0 bridgehead atoms. The summed E-state index contributed by atoms with van der Waals surface area (Å²) in [5.74, 6) is 1.34. The van der Waals surface area contributed by atoms with Gasteiger partial charge in [0.15, 0.2) is 0 Å². The van der Waals surface area contributed by atoms with Crippen molar-refractivity contribution in [2.24, 2.45) is 0 Å². The summed E-state index contributed by atoms with van der Waals surface area (Å²) in [6.45, 7) is 2.41. The van der Waals surface area contributed by atoms with Crippen molar-refractivity contribution >= 4 is 34.4 Å². The van der Waals surface area contributed by atoms with Gasteiger partial charge in [-0.15, -0.1) is 11.8 Å². The van der Waals surface area contributed by atoms with Gasteiger partial charge in [-0.05, 0) is 59.2 Å². The van der Waals surface area contributed by atoms with Gasteiger partial charge >= 0.3 is 5.97 Å². The first-order valence-corrected chi connectivity index (χ1v) is 13.6. The third kappa shape index (κ3) is 5.65. The molecule has 0 radical (unpaired) electrons. The van der Waals surface area contributed by atoms with E-state index >= 15 is 0 Å². The number of nitrogens with zero attached hydrogens (tertiary/aromatic N) is 1. The van der Waals surface area contributed by atoms with Gasteiger partial charge in [-0.1, -0.05) is 74.0 Å². The molecule has 1 saturated heterocycles. The normalized spacial score (nSPS) is 17.1. The first kappa shape index (κ1) is 24.9. The fourth-order valence-corrected chi connectivity index (χ4v) is 5.84. The summed E-state index contributed by atoms with van der Waals surface area (Å²) in [4.78, 5) is 28.8. The monoisotopic (exact) mass is 511 g/mol. The zero-order valence-corrected chi connectivity index (χ0v) is 21.5. The number of unbranched alkanes of at least 4 members (excludes halogenated alkanes) is 1. The van der Waals surface area contributed by atoms with Crippen LogP contribution >= 0.6 is 11.8 Å². The fraction of sp³-hybridized carbons (Fsp3) is 0.226. The van der Waals surface area contributed by atoms with Crippen molar-refractivity contribution in [2.75, 3.05) is 12.4 Å². The minimum atomic E-state index is -0.662. The van der Waals surface area contributed by atoms with Gasteiger partial charge in [0.2, 0.25) is 0 Å². The molecule has 0 N–H and O–H groups in total. The van der Waals surface area contributed by atoms with E-state index in [1.54, 1.807) is 16.7 Å². The number of hydrogen-bond acceptors (Lipinski definition) is 5. The largest absolute Gasteiger partial charge is 0.464 e. The van der Waals surface area contributed by atoms with Gasteiger partial charge < -0.3 is 14.4 Å². The Morgan fingerprint density at radius 2 is 1.62 bits per heavy atom. The highest BCUT2D eigenvalue weighted by molar-refractivity contribution is 7.99. The number of para-hydroxylation sites is 1. The summed E-state index contributed by atoms with van der Waals surface area (Å²) in [5.41, 5.74) is 1.45. The van der Waals surface area contributed by atoms with Gasteiger partial charge in [0, 0.05) is 11.3 Å². The average Bonchev–Trinajstić information content (AvgIpc) is 3.39. The Morgan fingerprint density at radius 1 is 0.865 bits per heavy atom. The summed E-state index contributed by atoms with van der Waals surface area (Å²) in [5, 5.41) is 1.70. The number of ether oxygens (including phenoxy) is 2. The Morgan fingerprint density at radius 3 is 2.43 bits per heavy atom. The summed E-state index contributed by atoms with van der Waals surface area (Å²) >= 11 is 1.57. The molecule has 1 heterocycles. The SMILES string of the molecule is CCCCOC(=O)C1CSC(c2cccc(Oc3ccccc3)c2)N1C(=O)c1ccc2ccccc2c1. The zero-order chi connectivity index (χ0) is 25.6. The number of carbonyl (C=O) groups excluding carboxylic acids is 2. The van der Waals surface area contributed by atoms with Crippen LogP contribution in [-0.4, -0.2) is 35.2 Å². The van der Waals surface area contributed by atoms with Crippen molar-refractivity contribution in [1.29, 1.82) is 0 Å². The summed E-state index contributed by atoms with van der Waals surface area (Å²) in [6, 6.07) is 30.3. The van der Waals surface area contributed by atoms with Crippen molar-refractivity contribution in [3.63, 3.8) is 0 Å². The predicted molar refractivity (Wildman–Crippen MR) is 148 cm³/mol. The van der Waals surface area contributed by atoms with Crippen LogP contribution in [0.1, 0.15) is 41.1 Å². The van der Waals surface area contributed by atoms with E-state index < -0.39 is 6.04 Å². The smallest absolute Gasteiger partial charge is 0.329 e. The first-order valence-electron chi connectivity index (χ1n) is 12.6. The highest BCUT2D eigenvalue weighted by Crippen LogP contribution is 2.43. The van der Waals surface area contributed by atoms with Gasteiger partial charge in [0.05, 0.1) is 6.61 Å². The lowest BCUT2D eigenvalue weighted by molar-refractivity contribution is -0.148. The highest BCUT2D eigenvalue weighted by atomic mass is 32.2. The second kappa shape index (κ2) is 11.5. The quantitative estimate of drug-likeness (QED) is 0.184. The van der Waals surface area contributed by atoms with E-state index in [4.69, 9.17) is 9.47 Å². The Labute approximate surface area is 221 Å². The van der Waals surface area contributed by atoms with Crippen LogP contribution in [-0.2, 0) is 9.53 Å². The number of amides is 1. The zero-order valence-electron chi connectivity index (χ0n) is 20.7. The van der Waals surface area contributed by atoms with E-state index in [0.717, 1.165) is 34.9 Å². The van der Waals surface area contributed by atoms with Crippen molar-refractivity contribution < 1.29 is 19.1 Å². The van der Waals surface area contributed by atoms with Crippen LogP contribution in [0.3, 0.4) is 0 Å². The lowest BCUT2D eigenvalue weighted by atomic mass is 10.0. The minimum Gasteiger partial charge on any atom is -0.464 e. The maximum Gasteiger partial charge on any atom is 0.329 e.